The second-order valence-electron chi connectivity index (χ2n) is 3.68. The van der Waals surface area contributed by atoms with Crippen molar-refractivity contribution >= 4 is 11.9 Å². The minimum Gasteiger partial charge on any atom is -0.448 e. The monoisotopic (exact) mass is 344 g/mol. The molecule has 0 N–H and O–H groups in total. The van der Waals surface area contributed by atoms with Crippen LogP contribution in [0.2, 0.25) is 0 Å². The first kappa shape index (κ1) is 20.9. The Kier molecular flexibility index (Phi) is 9.24. The van der Waals surface area contributed by atoms with Crippen molar-refractivity contribution in [3.63, 3.8) is 0 Å². The van der Waals surface area contributed by atoms with Crippen LogP contribution < -0.4 is 0 Å². The highest BCUT2D eigenvalue weighted by Gasteiger charge is 2.17. The summed E-state index contributed by atoms with van der Waals surface area (Å²) in [6, 6.07) is 8.20. The van der Waals surface area contributed by atoms with E-state index in [0.29, 0.717) is 0 Å². The summed E-state index contributed by atoms with van der Waals surface area (Å²) in [6.45, 7) is -1.07. The Labute approximate surface area is 147 Å². The van der Waals surface area contributed by atoms with E-state index in [-0.39, 0.29) is 0 Å². The third kappa shape index (κ3) is 5.96. The molecule has 0 amide bonds. The zero-order chi connectivity index (χ0) is 19.9. The lowest BCUT2D eigenvalue weighted by Gasteiger charge is -1.99. The summed E-state index contributed by atoms with van der Waals surface area (Å²) in [6.07, 6.45) is 0. The van der Waals surface area contributed by atoms with E-state index in [1.54, 1.807) is 0 Å². The molecule has 0 saturated heterocycles. The molecule has 0 bridgehead atoms. The normalized spacial score (nSPS) is 7.31. The molecule has 0 aliphatic rings. The smallest absolute Gasteiger partial charge is 0.351 e. The van der Waals surface area contributed by atoms with Crippen molar-refractivity contribution in [3.8, 4) is 48.3 Å². The van der Waals surface area contributed by atoms with Crippen molar-refractivity contribution in [1.29, 1.82) is 31.6 Å². The maximum Gasteiger partial charge on any atom is 0.351 e. The topological polar surface area (TPSA) is 195 Å². The lowest BCUT2D eigenvalue weighted by atomic mass is 10.1. The molecular weight excluding hydrogens is 340 g/mol. The van der Waals surface area contributed by atoms with Gasteiger partial charge in [0.2, 0.25) is 0 Å². The number of esters is 2. The molecule has 26 heavy (non-hydrogen) atoms. The van der Waals surface area contributed by atoms with E-state index < -0.39 is 47.4 Å². The number of nitrogens with zero attached hydrogens (tertiary/aromatic N) is 6. The van der Waals surface area contributed by atoms with E-state index in [0.717, 1.165) is 0 Å². The summed E-state index contributed by atoms with van der Waals surface area (Å²) >= 11 is 0. The zero-order valence-electron chi connectivity index (χ0n) is 12.7. The van der Waals surface area contributed by atoms with Crippen LogP contribution in [0, 0.1) is 79.8 Å². The highest BCUT2D eigenvalue weighted by Crippen LogP contribution is 2.05. The number of hydrogen-bond donors (Lipinski definition) is 0. The average Bonchev–Trinajstić information content (AvgIpc) is 2.65. The van der Waals surface area contributed by atoms with Gasteiger partial charge in [-0.2, -0.15) is 31.6 Å². The number of carbonyl (C=O) groups excluding carboxylic acids is 2. The molecule has 0 aromatic carbocycles. The van der Waals surface area contributed by atoms with Crippen LogP contribution in [-0.2, 0) is 19.1 Å². The quantitative estimate of drug-likeness (QED) is 0.285. The Morgan fingerprint density at radius 1 is 0.577 bits per heavy atom. The van der Waals surface area contributed by atoms with E-state index >= 15 is 0 Å². The van der Waals surface area contributed by atoms with Gasteiger partial charge in [-0.25, -0.2) is 9.59 Å². The predicted molar refractivity (Wildman–Crippen MR) is 77.4 cm³/mol. The SMILES string of the molecule is N#CC(C#N)=C(C#N)C(=O)OCC#CCOC(=O)C(C#N)=C(C#N)C#N. The van der Waals surface area contributed by atoms with Gasteiger partial charge in [0.05, 0.1) is 0 Å². The molecule has 0 atom stereocenters. The molecule has 0 heterocycles. The van der Waals surface area contributed by atoms with E-state index in [2.05, 4.69) is 21.3 Å². The Morgan fingerprint density at radius 3 is 1.12 bits per heavy atom. The Morgan fingerprint density at radius 2 is 0.885 bits per heavy atom. The first-order chi connectivity index (χ1) is 12.5. The highest BCUT2D eigenvalue weighted by atomic mass is 16.5. The lowest BCUT2D eigenvalue weighted by molar-refractivity contribution is -0.138. The van der Waals surface area contributed by atoms with Gasteiger partial charge in [0.15, 0.2) is 35.5 Å². The highest BCUT2D eigenvalue weighted by molar-refractivity contribution is 5.96. The predicted octanol–water partition coefficient (Wildman–Crippen LogP) is -0.189. The van der Waals surface area contributed by atoms with Gasteiger partial charge in [0.1, 0.15) is 36.4 Å². The fourth-order valence-corrected chi connectivity index (χ4v) is 1.13. The number of allylic oxidation sites excluding steroid dienone is 2. The van der Waals surface area contributed by atoms with Gasteiger partial charge in [-0.1, -0.05) is 11.8 Å². The van der Waals surface area contributed by atoms with Crippen molar-refractivity contribution in [1.82, 2.24) is 0 Å². The summed E-state index contributed by atoms with van der Waals surface area (Å²) in [5, 5.41) is 51.7. The minimum absolute atomic E-state index is 0.533. The standard InChI is InChI=1S/C16H4N6O4/c17-5-11(6-18)13(9-21)15(23)25-3-1-2-4-26-16(24)14(10-22)12(7-19)8-20/h3-4H2. The van der Waals surface area contributed by atoms with Crippen LogP contribution in [0.1, 0.15) is 0 Å². The third-order valence-electron chi connectivity index (χ3n) is 2.25. The van der Waals surface area contributed by atoms with Crippen molar-refractivity contribution < 1.29 is 19.1 Å². The van der Waals surface area contributed by atoms with Crippen molar-refractivity contribution in [2.45, 2.75) is 0 Å². The van der Waals surface area contributed by atoms with E-state index in [1.807, 2.05) is 0 Å². The van der Waals surface area contributed by atoms with Gasteiger partial charge in [-0.05, 0) is 0 Å². The third-order valence-corrected chi connectivity index (χ3v) is 2.25. The molecule has 0 rings (SSSR count). The number of nitriles is 6. The summed E-state index contributed by atoms with van der Waals surface area (Å²) in [5.41, 5.74) is -2.96. The van der Waals surface area contributed by atoms with E-state index in [1.165, 1.54) is 36.4 Å². The largest absolute Gasteiger partial charge is 0.448 e. The Balaban J connectivity index is 4.76. The van der Waals surface area contributed by atoms with Crippen LogP contribution in [0.4, 0.5) is 0 Å². The van der Waals surface area contributed by atoms with E-state index in [4.69, 9.17) is 31.6 Å². The van der Waals surface area contributed by atoms with Gasteiger partial charge in [-0.15, -0.1) is 0 Å². The van der Waals surface area contributed by atoms with Crippen molar-refractivity contribution in [3.05, 3.63) is 22.3 Å². The zero-order valence-corrected chi connectivity index (χ0v) is 12.7. The molecule has 0 aliphatic carbocycles. The minimum atomic E-state index is -1.22. The number of ether oxygens (including phenoxy) is 2. The lowest BCUT2D eigenvalue weighted by Crippen LogP contribution is -2.10. The van der Waals surface area contributed by atoms with Crippen LogP contribution in [-0.4, -0.2) is 25.2 Å². The maximum absolute atomic E-state index is 11.5. The van der Waals surface area contributed by atoms with Gasteiger partial charge in [-0.3, -0.25) is 0 Å². The molecule has 0 aromatic rings. The molecule has 10 heteroatoms. The maximum atomic E-state index is 11.5. The summed E-state index contributed by atoms with van der Waals surface area (Å²) in [4.78, 5) is 23.0. The second kappa shape index (κ2) is 11.5. The molecule has 0 saturated carbocycles. The molecule has 10 nitrogen and oxygen atoms in total. The van der Waals surface area contributed by atoms with E-state index in [9.17, 15) is 9.59 Å². The summed E-state index contributed by atoms with van der Waals surface area (Å²) in [5.74, 6) is 2.04. The first-order valence-electron chi connectivity index (χ1n) is 6.19. The molecule has 0 aliphatic heterocycles. The Hall–Kier alpha value is -5.08. The fourth-order valence-electron chi connectivity index (χ4n) is 1.13. The van der Waals surface area contributed by atoms with Crippen LogP contribution in [0.3, 0.4) is 0 Å². The molecule has 0 unspecified atom stereocenters. The molecule has 0 spiro atoms. The van der Waals surface area contributed by atoms with Crippen LogP contribution in [0.25, 0.3) is 0 Å². The van der Waals surface area contributed by atoms with Crippen LogP contribution >= 0.6 is 0 Å². The molecular formula is C16H4N6O4. The van der Waals surface area contributed by atoms with Crippen molar-refractivity contribution in [2.24, 2.45) is 0 Å². The van der Waals surface area contributed by atoms with Crippen molar-refractivity contribution in [2.75, 3.05) is 13.2 Å². The van der Waals surface area contributed by atoms with Gasteiger partial charge in [0, 0.05) is 0 Å². The molecule has 0 aromatic heterocycles. The Bertz CT molecular complexity index is 886. The van der Waals surface area contributed by atoms with Gasteiger partial charge >= 0.3 is 11.9 Å². The van der Waals surface area contributed by atoms with Crippen LogP contribution in [0.5, 0.6) is 0 Å². The second-order valence-corrected chi connectivity index (χ2v) is 3.68. The number of hydrogen-bond acceptors (Lipinski definition) is 10. The fraction of sp³-hybridized carbons (Fsp3) is 0.125. The van der Waals surface area contributed by atoms with Crippen LogP contribution in [0.15, 0.2) is 22.3 Å². The van der Waals surface area contributed by atoms with Gasteiger partial charge in [0.25, 0.3) is 0 Å². The molecule has 0 fully saturated rings. The van der Waals surface area contributed by atoms with Gasteiger partial charge < -0.3 is 9.47 Å². The summed E-state index contributed by atoms with van der Waals surface area (Å²) < 4.78 is 9.09. The summed E-state index contributed by atoms with van der Waals surface area (Å²) in [7, 11) is 0. The average molecular weight is 344 g/mol. The molecule has 122 valence electrons. The number of carbonyl (C=O) groups is 2. The molecule has 0 radical (unpaired) electrons. The number of rotatable bonds is 4. The first-order valence-corrected chi connectivity index (χ1v) is 6.19.